The van der Waals surface area contributed by atoms with Crippen LogP contribution in [0.1, 0.15) is 22.6 Å². The van der Waals surface area contributed by atoms with Gasteiger partial charge in [-0.2, -0.15) is 0 Å². The first kappa shape index (κ1) is 27.3. The largest absolute Gasteiger partial charge is 0.495 e. The standard InChI is InChI=1S/C30H26ClN3O5/c1-39-27-17-14-23(31)19-25(27)32-29(35)26(18-20-12-15-24(16-13-20)34(37)38)33-30(36)28(21-8-4-2-5-9-21)22-10-6-3-7-11-22/h2-17,19,26,28H,18H2,1H3,(H,32,35)(H,33,36)/t26-/m0/s1. The second-order valence-corrected chi connectivity index (χ2v) is 9.21. The van der Waals surface area contributed by atoms with Crippen molar-refractivity contribution in [2.45, 2.75) is 18.4 Å². The quantitative estimate of drug-likeness (QED) is 0.195. The lowest BCUT2D eigenvalue weighted by molar-refractivity contribution is -0.384. The summed E-state index contributed by atoms with van der Waals surface area (Å²) in [6.45, 7) is 0. The molecular weight excluding hydrogens is 518 g/mol. The Morgan fingerprint density at radius 1 is 0.872 bits per heavy atom. The number of amides is 2. The molecule has 0 aliphatic carbocycles. The summed E-state index contributed by atoms with van der Waals surface area (Å²) < 4.78 is 5.35. The zero-order valence-electron chi connectivity index (χ0n) is 21.0. The molecule has 0 aliphatic rings. The van der Waals surface area contributed by atoms with Crippen LogP contribution < -0.4 is 15.4 Å². The lowest BCUT2D eigenvalue weighted by atomic mass is 9.90. The van der Waals surface area contributed by atoms with Crippen LogP contribution >= 0.6 is 11.6 Å². The predicted molar refractivity (Wildman–Crippen MR) is 150 cm³/mol. The Balaban J connectivity index is 1.66. The van der Waals surface area contributed by atoms with Gasteiger partial charge in [-0.05, 0) is 34.9 Å². The average Bonchev–Trinajstić information content (AvgIpc) is 2.94. The molecule has 8 nitrogen and oxygen atoms in total. The fourth-order valence-corrected chi connectivity index (χ4v) is 4.41. The third kappa shape index (κ3) is 7.00. The number of hydrogen-bond donors (Lipinski definition) is 2. The van der Waals surface area contributed by atoms with E-state index in [1.54, 1.807) is 30.3 Å². The summed E-state index contributed by atoms with van der Waals surface area (Å²) in [7, 11) is 1.47. The molecule has 2 amide bonds. The van der Waals surface area contributed by atoms with E-state index in [0.29, 0.717) is 22.0 Å². The van der Waals surface area contributed by atoms with Crippen molar-refractivity contribution in [3.8, 4) is 5.75 Å². The van der Waals surface area contributed by atoms with Crippen LogP contribution in [0.4, 0.5) is 11.4 Å². The molecule has 4 rings (SSSR count). The number of nitrogens with zero attached hydrogens (tertiary/aromatic N) is 1. The van der Waals surface area contributed by atoms with Gasteiger partial charge in [-0.1, -0.05) is 84.4 Å². The molecule has 4 aromatic carbocycles. The van der Waals surface area contributed by atoms with Crippen LogP contribution in [0, 0.1) is 10.1 Å². The van der Waals surface area contributed by atoms with Gasteiger partial charge in [0, 0.05) is 23.6 Å². The van der Waals surface area contributed by atoms with Crippen LogP contribution in [0.3, 0.4) is 0 Å². The van der Waals surface area contributed by atoms with E-state index in [-0.39, 0.29) is 18.0 Å². The van der Waals surface area contributed by atoms with Gasteiger partial charge >= 0.3 is 0 Å². The van der Waals surface area contributed by atoms with Crippen molar-refractivity contribution in [3.63, 3.8) is 0 Å². The maximum atomic E-state index is 13.8. The van der Waals surface area contributed by atoms with Crippen LogP contribution in [-0.4, -0.2) is 29.9 Å². The molecule has 0 radical (unpaired) electrons. The molecule has 1 atom stereocenters. The normalized spacial score (nSPS) is 11.5. The number of methoxy groups -OCH3 is 1. The molecule has 0 saturated heterocycles. The molecule has 4 aromatic rings. The second-order valence-electron chi connectivity index (χ2n) is 8.78. The third-order valence-electron chi connectivity index (χ3n) is 6.17. The van der Waals surface area contributed by atoms with Gasteiger partial charge in [0.2, 0.25) is 11.8 Å². The van der Waals surface area contributed by atoms with Gasteiger partial charge in [-0.15, -0.1) is 0 Å². The third-order valence-corrected chi connectivity index (χ3v) is 6.40. The predicted octanol–water partition coefficient (Wildman–Crippen LogP) is 5.75. The van der Waals surface area contributed by atoms with Crippen LogP contribution in [0.25, 0.3) is 0 Å². The Kier molecular flexibility index (Phi) is 8.91. The Hall–Kier alpha value is -4.69. The number of nitro groups is 1. The monoisotopic (exact) mass is 543 g/mol. The number of nitro benzene ring substituents is 1. The Bertz CT molecular complexity index is 1410. The molecule has 0 saturated carbocycles. The summed E-state index contributed by atoms with van der Waals surface area (Å²) in [6, 6.07) is 28.2. The zero-order valence-corrected chi connectivity index (χ0v) is 21.8. The summed E-state index contributed by atoms with van der Waals surface area (Å²) >= 11 is 6.14. The number of carbonyl (C=O) groups is 2. The number of nitrogens with one attached hydrogen (secondary N) is 2. The van der Waals surface area contributed by atoms with Gasteiger partial charge < -0.3 is 15.4 Å². The lowest BCUT2D eigenvalue weighted by Crippen LogP contribution is -2.47. The lowest BCUT2D eigenvalue weighted by Gasteiger charge is -2.24. The summed E-state index contributed by atoms with van der Waals surface area (Å²) in [5, 5.41) is 17.2. The first-order chi connectivity index (χ1) is 18.9. The van der Waals surface area contributed by atoms with Crippen molar-refractivity contribution in [2.75, 3.05) is 12.4 Å². The van der Waals surface area contributed by atoms with E-state index in [1.807, 2.05) is 60.7 Å². The maximum Gasteiger partial charge on any atom is 0.269 e. The number of rotatable bonds is 10. The highest BCUT2D eigenvalue weighted by atomic mass is 35.5. The van der Waals surface area contributed by atoms with E-state index < -0.39 is 22.8 Å². The Labute approximate surface area is 230 Å². The smallest absolute Gasteiger partial charge is 0.269 e. The number of hydrogen-bond acceptors (Lipinski definition) is 5. The summed E-state index contributed by atoms with van der Waals surface area (Å²) in [5.41, 5.74) is 2.45. The Morgan fingerprint density at radius 2 is 1.46 bits per heavy atom. The molecule has 0 unspecified atom stereocenters. The molecule has 39 heavy (non-hydrogen) atoms. The van der Waals surface area contributed by atoms with Crippen molar-refractivity contribution < 1.29 is 19.2 Å². The zero-order chi connectivity index (χ0) is 27.8. The molecule has 2 N–H and O–H groups in total. The maximum absolute atomic E-state index is 13.8. The number of anilines is 1. The van der Waals surface area contributed by atoms with Gasteiger partial charge in [-0.25, -0.2) is 0 Å². The van der Waals surface area contributed by atoms with Gasteiger partial charge in [0.05, 0.1) is 23.6 Å². The van der Waals surface area contributed by atoms with E-state index in [0.717, 1.165) is 11.1 Å². The molecule has 9 heteroatoms. The minimum absolute atomic E-state index is 0.0688. The molecule has 198 valence electrons. The number of halogens is 1. The molecule has 0 spiro atoms. The van der Waals surface area contributed by atoms with E-state index >= 15 is 0 Å². The van der Waals surface area contributed by atoms with Crippen molar-refractivity contribution in [3.05, 3.63) is 135 Å². The van der Waals surface area contributed by atoms with Gasteiger partial charge in [-0.3, -0.25) is 19.7 Å². The highest BCUT2D eigenvalue weighted by molar-refractivity contribution is 6.31. The fourth-order valence-electron chi connectivity index (χ4n) is 4.24. The van der Waals surface area contributed by atoms with Crippen molar-refractivity contribution in [1.82, 2.24) is 5.32 Å². The molecule has 0 fully saturated rings. The molecular formula is C30H26ClN3O5. The molecule has 0 bridgehead atoms. The van der Waals surface area contributed by atoms with Crippen LogP contribution in [-0.2, 0) is 16.0 Å². The van der Waals surface area contributed by atoms with E-state index in [2.05, 4.69) is 10.6 Å². The fraction of sp³-hybridized carbons (Fsp3) is 0.133. The van der Waals surface area contributed by atoms with Gasteiger partial charge in [0.15, 0.2) is 0 Å². The topological polar surface area (TPSA) is 111 Å². The number of non-ortho nitro benzene ring substituents is 1. The molecule has 0 aromatic heterocycles. The van der Waals surface area contributed by atoms with Gasteiger partial charge in [0.25, 0.3) is 5.69 Å². The summed E-state index contributed by atoms with van der Waals surface area (Å²) in [5.74, 6) is -1.13. The number of ether oxygens (including phenoxy) is 1. The van der Waals surface area contributed by atoms with Crippen LogP contribution in [0.5, 0.6) is 5.75 Å². The van der Waals surface area contributed by atoms with E-state index in [9.17, 15) is 19.7 Å². The van der Waals surface area contributed by atoms with E-state index in [1.165, 1.54) is 19.2 Å². The van der Waals surface area contributed by atoms with Crippen LogP contribution in [0.15, 0.2) is 103 Å². The van der Waals surface area contributed by atoms with Crippen molar-refractivity contribution in [1.29, 1.82) is 0 Å². The minimum Gasteiger partial charge on any atom is -0.495 e. The van der Waals surface area contributed by atoms with Crippen molar-refractivity contribution in [2.24, 2.45) is 0 Å². The average molecular weight is 544 g/mol. The van der Waals surface area contributed by atoms with Crippen molar-refractivity contribution >= 4 is 34.8 Å². The summed E-state index contributed by atoms with van der Waals surface area (Å²) in [4.78, 5) is 38.0. The van der Waals surface area contributed by atoms with Crippen LogP contribution in [0.2, 0.25) is 5.02 Å². The highest BCUT2D eigenvalue weighted by Crippen LogP contribution is 2.29. The van der Waals surface area contributed by atoms with Gasteiger partial charge in [0.1, 0.15) is 11.8 Å². The van der Waals surface area contributed by atoms with E-state index in [4.69, 9.17) is 16.3 Å². The Morgan fingerprint density at radius 3 is 2.00 bits per heavy atom. The molecule has 0 heterocycles. The first-order valence-electron chi connectivity index (χ1n) is 12.1. The second kappa shape index (κ2) is 12.7. The highest BCUT2D eigenvalue weighted by Gasteiger charge is 2.29. The minimum atomic E-state index is -1.02. The molecule has 0 aliphatic heterocycles. The summed E-state index contributed by atoms with van der Waals surface area (Å²) in [6.07, 6.45) is 0.0920. The number of benzene rings is 4. The number of carbonyl (C=O) groups excluding carboxylic acids is 2. The first-order valence-corrected chi connectivity index (χ1v) is 12.5. The SMILES string of the molecule is COc1ccc(Cl)cc1NC(=O)[C@H](Cc1ccc([N+](=O)[O-])cc1)NC(=O)C(c1ccccc1)c1ccccc1.